The average Bonchev–Trinajstić information content (AvgIpc) is 3.32. The number of rotatable bonds is 6. The number of anilines is 1. The molecule has 0 spiro atoms. The lowest BCUT2D eigenvalue weighted by Crippen LogP contribution is -2.35. The third kappa shape index (κ3) is 2.89. The summed E-state index contributed by atoms with van der Waals surface area (Å²) in [6.07, 6.45) is 4.98. The molecule has 0 saturated heterocycles. The van der Waals surface area contributed by atoms with E-state index in [-0.39, 0.29) is 5.91 Å². The van der Waals surface area contributed by atoms with Gasteiger partial charge >= 0.3 is 0 Å². The molecule has 0 radical (unpaired) electrons. The van der Waals surface area contributed by atoms with Crippen LogP contribution in [0, 0.1) is 11.8 Å². The maximum Gasteiger partial charge on any atom is 0.259 e. The van der Waals surface area contributed by atoms with E-state index < -0.39 is 0 Å². The number of nitrogens with two attached hydrogens (primary N) is 1. The van der Waals surface area contributed by atoms with Gasteiger partial charge in [-0.1, -0.05) is 6.07 Å². The summed E-state index contributed by atoms with van der Waals surface area (Å²) in [5.74, 6) is 1.98. The van der Waals surface area contributed by atoms with Crippen molar-refractivity contribution >= 4 is 11.6 Å². The number of ether oxygens (including phenoxy) is 1. The first-order valence-corrected chi connectivity index (χ1v) is 7.40. The SMILES string of the molecule is COc1cccc(N)c1C(=O)N(CC1CC1)CC1CC1. The summed E-state index contributed by atoms with van der Waals surface area (Å²) in [5.41, 5.74) is 7.03. The maximum atomic E-state index is 12.8. The van der Waals surface area contributed by atoms with Crippen LogP contribution in [0.25, 0.3) is 0 Å². The summed E-state index contributed by atoms with van der Waals surface area (Å²) in [6, 6.07) is 5.38. The van der Waals surface area contributed by atoms with Gasteiger partial charge in [-0.25, -0.2) is 0 Å². The molecule has 4 nitrogen and oxygen atoms in total. The Morgan fingerprint density at radius 2 is 1.85 bits per heavy atom. The van der Waals surface area contributed by atoms with Crippen LogP contribution >= 0.6 is 0 Å². The highest BCUT2D eigenvalue weighted by Gasteiger charge is 2.33. The van der Waals surface area contributed by atoms with Crippen LogP contribution in [0.1, 0.15) is 36.0 Å². The van der Waals surface area contributed by atoms with Crippen molar-refractivity contribution < 1.29 is 9.53 Å². The fraction of sp³-hybridized carbons (Fsp3) is 0.562. The van der Waals surface area contributed by atoms with Crippen molar-refractivity contribution in [2.24, 2.45) is 11.8 Å². The van der Waals surface area contributed by atoms with Crippen LogP contribution in [0.4, 0.5) is 5.69 Å². The zero-order valence-electron chi connectivity index (χ0n) is 12.0. The summed E-state index contributed by atoms with van der Waals surface area (Å²) in [7, 11) is 1.58. The minimum absolute atomic E-state index is 0.0266. The van der Waals surface area contributed by atoms with Crippen molar-refractivity contribution in [2.45, 2.75) is 25.7 Å². The van der Waals surface area contributed by atoms with Gasteiger partial charge in [0.2, 0.25) is 0 Å². The molecule has 2 N–H and O–H groups in total. The fourth-order valence-corrected chi connectivity index (χ4v) is 2.57. The lowest BCUT2D eigenvalue weighted by molar-refractivity contribution is 0.0737. The van der Waals surface area contributed by atoms with Gasteiger partial charge in [0.25, 0.3) is 5.91 Å². The number of amides is 1. The number of carbonyl (C=O) groups is 1. The molecule has 1 aromatic carbocycles. The van der Waals surface area contributed by atoms with E-state index in [1.807, 2.05) is 11.0 Å². The summed E-state index contributed by atoms with van der Waals surface area (Å²) in [5, 5.41) is 0. The van der Waals surface area contributed by atoms with Crippen molar-refractivity contribution in [3.05, 3.63) is 23.8 Å². The van der Waals surface area contributed by atoms with Crippen molar-refractivity contribution in [3.63, 3.8) is 0 Å². The van der Waals surface area contributed by atoms with E-state index in [1.165, 1.54) is 25.7 Å². The molecule has 1 aromatic rings. The zero-order chi connectivity index (χ0) is 14.1. The Labute approximate surface area is 119 Å². The number of nitrogen functional groups attached to an aromatic ring is 1. The van der Waals surface area contributed by atoms with Crippen LogP contribution < -0.4 is 10.5 Å². The van der Waals surface area contributed by atoms with E-state index in [9.17, 15) is 4.79 Å². The molecule has 0 heterocycles. The highest BCUT2D eigenvalue weighted by atomic mass is 16.5. The lowest BCUT2D eigenvalue weighted by Gasteiger charge is -2.24. The van der Waals surface area contributed by atoms with Crippen molar-refractivity contribution in [2.75, 3.05) is 25.9 Å². The Hall–Kier alpha value is -1.71. The molecule has 0 atom stereocenters. The lowest BCUT2D eigenvalue weighted by atomic mass is 10.1. The number of methoxy groups -OCH3 is 1. The second-order valence-electron chi connectivity index (χ2n) is 6.02. The van der Waals surface area contributed by atoms with Crippen LogP contribution in [0.15, 0.2) is 18.2 Å². The number of nitrogens with zero attached hydrogens (tertiary/aromatic N) is 1. The zero-order valence-corrected chi connectivity index (χ0v) is 12.0. The molecule has 3 rings (SSSR count). The van der Waals surface area contributed by atoms with Crippen molar-refractivity contribution in [1.82, 2.24) is 4.90 Å². The maximum absolute atomic E-state index is 12.8. The van der Waals surface area contributed by atoms with Crippen LogP contribution in [0.2, 0.25) is 0 Å². The Balaban J connectivity index is 1.83. The molecule has 2 aliphatic carbocycles. The molecule has 2 aliphatic rings. The van der Waals surface area contributed by atoms with E-state index in [1.54, 1.807) is 19.2 Å². The third-order valence-corrected chi connectivity index (χ3v) is 4.13. The Morgan fingerprint density at radius 3 is 2.35 bits per heavy atom. The smallest absolute Gasteiger partial charge is 0.259 e. The standard InChI is InChI=1S/C16H22N2O2/c1-20-14-4-2-3-13(17)15(14)16(19)18(9-11-5-6-11)10-12-7-8-12/h2-4,11-12H,5-10,17H2,1H3. The van der Waals surface area contributed by atoms with Crippen LogP contribution in [0.5, 0.6) is 5.75 Å². The minimum atomic E-state index is 0.0266. The molecule has 1 amide bonds. The molecule has 0 aromatic heterocycles. The fourth-order valence-electron chi connectivity index (χ4n) is 2.57. The average molecular weight is 274 g/mol. The second kappa shape index (κ2) is 5.35. The Morgan fingerprint density at radius 1 is 1.25 bits per heavy atom. The normalized spacial score (nSPS) is 17.9. The minimum Gasteiger partial charge on any atom is -0.496 e. The third-order valence-electron chi connectivity index (χ3n) is 4.13. The second-order valence-corrected chi connectivity index (χ2v) is 6.02. The van der Waals surface area contributed by atoms with E-state index in [0.717, 1.165) is 13.1 Å². The molecule has 4 heteroatoms. The molecule has 0 aliphatic heterocycles. The quantitative estimate of drug-likeness (QED) is 0.811. The number of hydrogen-bond acceptors (Lipinski definition) is 3. The Bertz CT molecular complexity index is 493. The van der Waals surface area contributed by atoms with Gasteiger partial charge in [0.1, 0.15) is 11.3 Å². The first-order valence-electron chi connectivity index (χ1n) is 7.40. The van der Waals surface area contributed by atoms with Crippen LogP contribution in [-0.4, -0.2) is 31.0 Å². The highest BCUT2D eigenvalue weighted by Crippen LogP contribution is 2.35. The number of hydrogen-bond donors (Lipinski definition) is 1. The first kappa shape index (κ1) is 13.3. The van der Waals surface area contributed by atoms with Crippen LogP contribution in [-0.2, 0) is 0 Å². The van der Waals surface area contributed by atoms with E-state index in [0.29, 0.717) is 28.8 Å². The predicted octanol–water partition coefficient (Wildman–Crippen LogP) is 2.54. The van der Waals surface area contributed by atoms with Gasteiger partial charge in [-0.05, 0) is 49.7 Å². The van der Waals surface area contributed by atoms with Crippen molar-refractivity contribution in [1.29, 1.82) is 0 Å². The van der Waals surface area contributed by atoms with Gasteiger partial charge in [0.05, 0.1) is 7.11 Å². The van der Waals surface area contributed by atoms with Gasteiger partial charge in [0.15, 0.2) is 0 Å². The first-order chi connectivity index (χ1) is 9.69. The topological polar surface area (TPSA) is 55.6 Å². The number of carbonyl (C=O) groups excluding carboxylic acids is 1. The van der Waals surface area contributed by atoms with Crippen molar-refractivity contribution in [3.8, 4) is 5.75 Å². The Kier molecular flexibility index (Phi) is 3.55. The predicted molar refractivity (Wildman–Crippen MR) is 78.8 cm³/mol. The summed E-state index contributed by atoms with van der Waals surface area (Å²) >= 11 is 0. The van der Waals surface area contributed by atoms with E-state index in [2.05, 4.69) is 0 Å². The molecule has 0 unspecified atom stereocenters. The van der Waals surface area contributed by atoms with Gasteiger partial charge in [-0.2, -0.15) is 0 Å². The molecule has 108 valence electrons. The molecule has 2 fully saturated rings. The molecular formula is C16H22N2O2. The highest BCUT2D eigenvalue weighted by molar-refractivity contribution is 6.01. The molecule has 2 saturated carbocycles. The summed E-state index contributed by atoms with van der Waals surface area (Å²) in [6.45, 7) is 1.74. The number of benzene rings is 1. The largest absolute Gasteiger partial charge is 0.496 e. The van der Waals surface area contributed by atoms with Gasteiger partial charge < -0.3 is 15.4 Å². The van der Waals surface area contributed by atoms with Gasteiger partial charge in [-0.3, -0.25) is 4.79 Å². The van der Waals surface area contributed by atoms with Gasteiger partial charge in [0, 0.05) is 18.8 Å². The monoisotopic (exact) mass is 274 g/mol. The molecular weight excluding hydrogens is 252 g/mol. The van der Waals surface area contributed by atoms with Crippen LogP contribution in [0.3, 0.4) is 0 Å². The molecule has 0 bridgehead atoms. The molecule has 20 heavy (non-hydrogen) atoms. The van der Waals surface area contributed by atoms with Gasteiger partial charge in [-0.15, -0.1) is 0 Å². The summed E-state index contributed by atoms with van der Waals surface area (Å²) < 4.78 is 5.31. The summed E-state index contributed by atoms with van der Waals surface area (Å²) in [4.78, 5) is 14.8. The van der Waals surface area contributed by atoms with E-state index in [4.69, 9.17) is 10.5 Å². The van der Waals surface area contributed by atoms with E-state index >= 15 is 0 Å².